The molecule has 0 radical (unpaired) electrons. The molecule has 0 fully saturated rings. The van der Waals surface area contributed by atoms with E-state index in [1.54, 1.807) is 7.11 Å². The molecule has 114 valence electrons. The van der Waals surface area contributed by atoms with Gasteiger partial charge in [-0.25, -0.2) is 0 Å². The van der Waals surface area contributed by atoms with Gasteiger partial charge in [-0.1, -0.05) is 58.2 Å². The van der Waals surface area contributed by atoms with Gasteiger partial charge in [-0.2, -0.15) is 0 Å². The molecular weight excluding hydrogens is 246 g/mol. The Kier molecular flexibility index (Phi) is 8.36. The van der Waals surface area contributed by atoms with Crippen LogP contribution in [-0.4, -0.2) is 13.2 Å². The molecule has 0 aliphatic rings. The van der Waals surface area contributed by atoms with E-state index in [4.69, 9.17) is 4.74 Å². The normalized spacial score (nSPS) is 12.7. The standard InChI is InChI=1S/C18H31NO/c1-5-6-7-11-17(13-15(2)3)19-14-16-10-8-9-12-18(16)20-4/h8-10,12,15,17,19H,5-7,11,13-14H2,1-4H3. The topological polar surface area (TPSA) is 21.3 Å². The largest absolute Gasteiger partial charge is 0.496 e. The molecule has 1 atom stereocenters. The van der Waals surface area contributed by atoms with E-state index in [2.05, 4.69) is 38.2 Å². The van der Waals surface area contributed by atoms with E-state index in [9.17, 15) is 0 Å². The predicted octanol–water partition coefficient (Wildman–Crippen LogP) is 4.78. The van der Waals surface area contributed by atoms with E-state index in [-0.39, 0.29) is 0 Å². The van der Waals surface area contributed by atoms with Crippen molar-refractivity contribution in [3.8, 4) is 5.75 Å². The van der Waals surface area contributed by atoms with Crippen molar-refractivity contribution in [2.75, 3.05) is 7.11 Å². The van der Waals surface area contributed by atoms with Gasteiger partial charge in [-0.3, -0.25) is 0 Å². The number of ether oxygens (including phenoxy) is 1. The Balaban J connectivity index is 2.51. The molecule has 1 unspecified atom stereocenters. The molecular formula is C18H31NO. The molecule has 1 aromatic carbocycles. The van der Waals surface area contributed by atoms with Crippen molar-refractivity contribution in [2.24, 2.45) is 5.92 Å². The van der Waals surface area contributed by atoms with E-state index in [1.807, 2.05) is 12.1 Å². The summed E-state index contributed by atoms with van der Waals surface area (Å²) in [6.45, 7) is 7.77. The highest BCUT2D eigenvalue weighted by atomic mass is 16.5. The molecule has 0 spiro atoms. The first-order valence-corrected chi connectivity index (χ1v) is 8.02. The average Bonchev–Trinajstić information content (AvgIpc) is 2.44. The van der Waals surface area contributed by atoms with E-state index in [0.717, 1.165) is 18.2 Å². The van der Waals surface area contributed by atoms with Gasteiger partial charge in [0.1, 0.15) is 5.75 Å². The summed E-state index contributed by atoms with van der Waals surface area (Å²) in [6, 6.07) is 8.89. The van der Waals surface area contributed by atoms with Crippen LogP contribution in [0.1, 0.15) is 58.4 Å². The number of benzene rings is 1. The van der Waals surface area contributed by atoms with Crippen LogP contribution in [0.15, 0.2) is 24.3 Å². The zero-order valence-corrected chi connectivity index (χ0v) is 13.6. The Bertz CT molecular complexity index is 362. The van der Waals surface area contributed by atoms with E-state index >= 15 is 0 Å². The average molecular weight is 277 g/mol. The maximum absolute atomic E-state index is 5.42. The lowest BCUT2D eigenvalue weighted by atomic mass is 9.98. The van der Waals surface area contributed by atoms with Crippen molar-refractivity contribution in [1.82, 2.24) is 5.32 Å². The van der Waals surface area contributed by atoms with Crippen molar-refractivity contribution in [2.45, 2.75) is 65.5 Å². The van der Waals surface area contributed by atoms with Crippen LogP contribution in [0.4, 0.5) is 0 Å². The lowest BCUT2D eigenvalue weighted by Gasteiger charge is -2.21. The molecule has 0 saturated carbocycles. The Hall–Kier alpha value is -1.02. The number of rotatable bonds is 10. The number of hydrogen-bond donors (Lipinski definition) is 1. The molecule has 2 heteroatoms. The quantitative estimate of drug-likeness (QED) is 0.621. The predicted molar refractivity (Wildman–Crippen MR) is 87.2 cm³/mol. The first kappa shape index (κ1) is 17.0. The Morgan fingerprint density at radius 1 is 1.15 bits per heavy atom. The second kappa shape index (κ2) is 9.82. The lowest BCUT2D eigenvalue weighted by Crippen LogP contribution is -2.30. The number of para-hydroxylation sites is 1. The van der Waals surface area contributed by atoms with Crippen molar-refractivity contribution in [1.29, 1.82) is 0 Å². The lowest BCUT2D eigenvalue weighted by molar-refractivity contribution is 0.375. The summed E-state index contributed by atoms with van der Waals surface area (Å²) in [5.41, 5.74) is 1.25. The maximum atomic E-state index is 5.42. The summed E-state index contributed by atoms with van der Waals surface area (Å²) in [7, 11) is 1.74. The summed E-state index contributed by atoms with van der Waals surface area (Å²) in [5.74, 6) is 1.73. The molecule has 0 heterocycles. The molecule has 0 aliphatic heterocycles. The summed E-state index contributed by atoms with van der Waals surface area (Å²) >= 11 is 0. The van der Waals surface area contributed by atoms with Gasteiger partial charge in [0.15, 0.2) is 0 Å². The van der Waals surface area contributed by atoms with Gasteiger partial charge in [0.25, 0.3) is 0 Å². The fraction of sp³-hybridized carbons (Fsp3) is 0.667. The van der Waals surface area contributed by atoms with Crippen molar-refractivity contribution in [3.63, 3.8) is 0 Å². The van der Waals surface area contributed by atoms with E-state index in [1.165, 1.54) is 37.7 Å². The van der Waals surface area contributed by atoms with Gasteiger partial charge in [0.2, 0.25) is 0 Å². The van der Waals surface area contributed by atoms with Crippen molar-refractivity contribution in [3.05, 3.63) is 29.8 Å². The highest BCUT2D eigenvalue weighted by Gasteiger charge is 2.11. The molecule has 20 heavy (non-hydrogen) atoms. The number of methoxy groups -OCH3 is 1. The zero-order chi connectivity index (χ0) is 14.8. The van der Waals surface area contributed by atoms with Crippen LogP contribution in [0.25, 0.3) is 0 Å². The van der Waals surface area contributed by atoms with Gasteiger partial charge in [-0.15, -0.1) is 0 Å². The zero-order valence-electron chi connectivity index (χ0n) is 13.6. The molecule has 2 nitrogen and oxygen atoms in total. The summed E-state index contributed by atoms with van der Waals surface area (Å²) in [6.07, 6.45) is 6.48. The fourth-order valence-corrected chi connectivity index (χ4v) is 2.62. The van der Waals surface area contributed by atoms with E-state index < -0.39 is 0 Å². The minimum absolute atomic E-state index is 0.617. The summed E-state index contributed by atoms with van der Waals surface area (Å²) < 4.78 is 5.42. The Morgan fingerprint density at radius 3 is 2.55 bits per heavy atom. The van der Waals surface area contributed by atoms with E-state index in [0.29, 0.717) is 6.04 Å². The third-order valence-corrected chi connectivity index (χ3v) is 3.69. The highest BCUT2D eigenvalue weighted by Crippen LogP contribution is 2.18. The van der Waals surface area contributed by atoms with Gasteiger partial charge >= 0.3 is 0 Å². The van der Waals surface area contributed by atoms with Crippen molar-refractivity contribution >= 4 is 0 Å². The van der Waals surface area contributed by atoms with Crippen LogP contribution in [-0.2, 0) is 6.54 Å². The fourth-order valence-electron chi connectivity index (χ4n) is 2.62. The van der Waals surface area contributed by atoms with Crippen LogP contribution in [0.5, 0.6) is 5.75 Å². The van der Waals surface area contributed by atoms with Gasteiger partial charge in [0, 0.05) is 18.2 Å². The van der Waals surface area contributed by atoms with Crippen LogP contribution in [0, 0.1) is 5.92 Å². The minimum atomic E-state index is 0.617. The van der Waals surface area contributed by atoms with Crippen LogP contribution >= 0.6 is 0 Å². The van der Waals surface area contributed by atoms with Gasteiger partial charge in [0.05, 0.1) is 7.11 Å². The number of nitrogens with one attached hydrogen (secondary N) is 1. The summed E-state index contributed by atoms with van der Waals surface area (Å²) in [4.78, 5) is 0. The highest BCUT2D eigenvalue weighted by molar-refractivity contribution is 5.33. The van der Waals surface area contributed by atoms with Gasteiger partial charge in [-0.05, 0) is 24.8 Å². The molecule has 0 aromatic heterocycles. The molecule has 0 aliphatic carbocycles. The monoisotopic (exact) mass is 277 g/mol. The molecule has 0 amide bonds. The van der Waals surface area contributed by atoms with Crippen LogP contribution in [0.2, 0.25) is 0 Å². The Labute approximate surface area is 124 Å². The second-order valence-corrected chi connectivity index (χ2v) is 6.02. The molecule has 0 bridgehead atoms. The molecule has 0 saturated heterocycles. The number of hydrogen-bond acceptors (Lipinski definition) is 2. The first-order chi connectivity index (χ1) is 9.67. The van der Waals surface area contributed by atoms with Crippen molar-refractivity contribution < 1.29 is 4.74 Å². The Morgan fingerprint density at radius 2 is 1.90 bits per heavy atom. The molecule has 1 aromatic rings. The maximum Gasteiger partial charge on any atom is 0.123 e. The smallest absolute Gasteiger partial charge is 0.123 e. The SMILES string of the molecule is CCCCCC(CC(C)C)NCc1ccccc1OC. The molecule has 1 rings (SSSR count). The third kappa shape index (κ3) is 6.42. The first-order valence-electron chi connectivity index (χ1n) is 8.02. The summed E-state index contributed by atoms with van der Waals surface area (Å²) in [5, 5.41) is 3.72. The number of unbranched alkanes of at least 4 members (excludes halogenated alkanes) is 2. The van der Waals surface area contributed by atoms with Gasteiger partial charge < -0.3 is 10.1 Å². The van der Waals surface area contributed by atoms with Crippen LogP contribution in [0.3, 0.4) is 0 Å². The second-order valence-electron chi connectivity index (χ2n) is 6.02. The minimum Gasteiger partial charge on any atom is -0.496 e. The molecule has 1 N–H and O–H groups in total. The third-order valence-electron chi connectivity index (χ3n) is 3.69. The van der Waals surface area contributed by atoms with Crippen LogP contribution < -0.4 is 10.1 Å².